The standard InChI is InChI=1S/C9H19NO/c1-5-9(3,4)8(6-10)7(2)11/h8H,5-6,10H2,1-4H3/p+1. The second-order valence-corrected chi connectivity index (χ2v) is 3.79. The smallest absolute Gasteiger partial charge is 0.139 e. The molecule has 0 aliphatic heterocycles. The molecule has 1 unspecified atom stereocenters. The summed E-state index contributed by atoms with van der Waals surface area (Å²) >= 11 is 0. The third kappa shape index (κ3) is 2.62. The van der Waals surface area contributed by atoms with Crippen LogP contribution in [0.1, 0.15) is 34.1 Å². The molecule has 0 aliphatic carbocycles. The highest BCUT2D eigenvalue weighted by Gasteiger charge is 2.31. The number of Topliss-reactive ketones (excluding diaryl/α,β-unsaturated/α-hetero) is 1. The van der Waals surface area contributed by atoms with Crippen LogP contribution in [0.4, 0.5) is 0 Å². The van der Waals surface area contributed by atoms with Crippen LogP contribution < -0.4 is 5.73 Å². The maximum Gasteiger partial charge on any atom is 0.139 e. The summed E-state index contributed by atoms with van der Waals surface area (Å²) in [4.78, 5) is 11.1. The van der Waals surface area contributed by atoms with Gasteiger partial charge in [-0.05, 0) is 12.3 Å². The zero-order chi connectivity index (χ0) is 9.07. The number of hydrogen-bond acceptors (Lipinski definition) is 1. The van der Waals surface area contributed by atoms with Gasteiger partial charge in [-0.25, -0.2) is 0 Å². The van der Waals surface area contributed by atoms with Crippen LogP contribution in [-0.4, -0.2) is 12.3 Å². The summed E-state index contributed by atoms with van der Waals surface area (Å²) in [6.45, 7) is 8.75. The Morgan fingerprint density at radius 3 is 2.09 bits per heavy atom. The van der Waals surface area contributed by atoms with E-state index in [2.05, 4.69) is 26.5 Å². The number of rotatable bonds is 4. The molecule has 0 amide bonds. The predicted octanol–water partition coefficient (Wildman–Crippen LogP) is 0.870. The van der Waals surface area contributed by atoms with Gasteiger partial charge in [0.15, 0.2) is 0 Å². The van der Waals surface area contributed by atoms with E-state index in [1.807, 2.05) is 0 Å². The van der Waals surface area contributed by atoms with Gasteiger partial charge in [-0.2, -0.15) is 0 Å². The van der Waals surface area contributed by atoms with Crippen molar-refractivity contribution in [2.75, 3.05) is 6.54 Å². The van der Waals surface area contributed by atoms with Crippen LogP contribution in [-0.2, 0) is 4.79 Å². The van der Waals surface area contributed by atoms with Crippen LogP contribution in [0.2, 0.25) is 0 Å². The molecule has 0 aromatic heterocycles. The Labute approximate surface area is 69.2 Å². The van der Waals surface area contributed by atoms with Crippen LogP contribution in [0, 0.1) is 11.3 Å². The molecule has 0 heterocycles. The molecule has 0 radical (unpaired) electrons. The summed E-state index contributed by atoms with van der Waals surface area (Å²) in [5.74, 6) is 0.402. The topological polar surface area (TPSA) is 44.7 Å². The molecule has 0 aromatic carbocycles. The lowest BCUT2D eigenvalue weighted by Crippen LogP contribution is -2.58. The molecule has 0 aromatic rings. The van der Waals surface area contributed by atoms with Gasteiger partial charge in [0.25, 0.3) is 0 Å². The molecule has 0 spiro atoms. The van der Waals surface area contributed by atoms with Gasteiger partial charge in [-0.1, -0.05) is 27.2 Å². The van der Waals surface area contributed by atoms with Crippen molar-refractivity contribution in [1.29, 1.82) is 0 Å². The molecule has 3 N–H and O–H groups in total. The summed E-state index contributed by atoms with van der Waals surface area (Å²) in [6, 6.07) is 0. The lowest BCUT2D eigenvalue weighted by atomic mass is 9.75. The van der Waals surface area contributed by atoms with Crippen molar-refractivity contribution in [3.8, 4) is 0 Å². The van der Waals surface area contributed by atoms with Gasteiger partial charge in [-0.3, -0.25) is 4.79 Å². The zero-order valence-corrected chi connectivity index (χ0v) is 8.11. The molecule has 2 heteroatoms. The van der Waals surface area contributed by atoms with Gasteiger partial charge in [0.1, 0.15) is 5.78 Å². The van der Waals surface area contributed by atoms with Gasteiger partial charge in [0, 0.05) is 0 Å². The average molecular weight is 158 g/mol. The van der Waals surface area contributed by atoms with Crippen LogP contribution in [0.25, 0.3) is 0 Å². The lowest BCUT2D eigenvalue weighted by molar-refractivity contribution is -0.380. The van der Waals surface area contributed by atoms with E-state index in [4.69, 9.17) is 0 Å². The number of quaternary nitrogens is 1. The molecule has 2 nitrogen and oxygen atoms in total. The third-order valence-electron chi connectivity index (χ3n) is 2.63. The van der Waals surface area contributed by atoms with Gasteiger partial charge in [-0.15, -0.1) is 0 Å². The van der Waals surface area contributed by atoms with Gasteiger partial charge < -0.3 is 5.73 Å². The van der Waals surface area contributed by atoms with Crippen molar-refractivity contribution in [2.45, 2.75) is 34.1 Å². The molecular weight excluding hydrogens is 138 g/mol. The quantitative estimate of drug-likeness (QED) is 0.648. The minimum absolute atomic E-state index is 0.119. The molecule has 0 aliphatic rings. The Hall–Kier alpha value is -0.370. The summed E-state index contributed by atoms with van der Waals surface area (Å²) in [5.41, 5.74) is 3.92. The highest BCUT2D eigenvalue weighted by molar-refractivity contribution is 5.79. The normalized spacial score (nSPS) is 14.6. The Balaban J connectivity index is 4.36. The first-order valence-electron chi connectivity index (χ1n) is 4.25. The highest BCUT2D eigenvalue weighted by atomic mass is 16.1. The van der Waals surface area contributed by atoms with Crippen LogP contribution in [0.5, 0.6) is 0 Å². The van der Waals surface area contributed by atoms with E-state index in [9.17, 15) is 4.79 Å². The van der Waals surface area contributed by atoms with Crippen molar-refractivity contribution in [3.63, 3.8) is 0 Å². The van der Waals surface area contributed by atoms with E-state index in [1.165, 1.54) is 0 Å². The summed E-state index contributed by atoms with van der Waals surface area (Å²) < 4.78 is 0. The van der Waals surface area contributed by atoms with E-state index in [0.717, 1.165) is 13.0 Å². The van der Waals surface area contributed by atoms with E-state index < -0.39 is 0 Å². The van der Waals surface area contributed by atoms with Crippen molar-refractivity contribution in [2.24, 2.45) is 11.3 Å². The molecule has 0 bridgehead atoms. The number of carbonyl (C=O) groups excluding carboxylic acids is 1. The average Bonchev–Trinajstić information content (AvgIpc) is 1.88. The Morgan fingerprint density at radius 2 is 2.00 bits per heavy atom. The minimum Gasteiger partial charge on any atom is -0.357 e. The first kappa shape index (κ1) is 10.6. The summed E-state index contributed by atoms with van der Waals surface area (Å²) in [7, 11) is 0. The first-order chi connectivity index (χ1) is 4.95. The molecule has 1 atom stereocenters. The number of ketones is 1. The Morgan fingerprint density at radius 1 is 1.55 bits per heavy atom. The maximum absolute atomic E-state index is 11.1. The Kier molecular flexibility index (Phi) is 3.73. The first-order valence-corrected chi connectivity index (χ1v) is 4.25. The molecular formula is C9H20NO+. The minimum atomic E-state index is 0.119. The van der Waals surface area contributed by atoms with Crippen molar-refractivity contribution >= 4 is 5.78 Å². The van der Waals surface area contributed by atoms with Crippen LogP contribution in [0.15, 0.2) is 0 Å². The number of carbonyl (C=O) groups is 1. The van der Waals surface area contributed by atoms with Crippen molar-refractivity contribution < 1.29 is 10.5 Å². The zero-order valence-electron chi connectivity index (χ0n) is 8.11. The molecule has 11 heavy (non-hydrogen) atoms. The predicted molar refractivity (Wildman–Crippen MR) is 46.0 cm³/mol. The van der Waals surface area contributed by atoms with Crippen LogP contribution >= 0.6 is 0 Å². The molecule has 0 saturated heterocycles. The molecule has 0 rings (SSSR count). The summed E-state index contributed by atoms with van der Waals surface area (Å²) in [6.07, 6.45) is 1.03. The fourth-order valence-electron chi connectivity index (χ4n) is 1.39. The van der Waals surface area contributed by atoms with E-state index in [0.29, 0.717) is 0 Å². The molecule has 0 saturated carbocycles. The van der Waals surface area contributed by atoms with Crippen molar-refractivity contribution in [3.05, 3.63) is 0 Å². The SMILES string of the molecule is CCC(C)(C)C(C[NH3+])C(C)=O. The molecule has 0 fully saturated rings. The fourth-order valence-corrected chi connectivity index (χ4v) is 1.39. The van der Waals surface area contributed by atoms with E-state index in [1.54, 1.807) is 6.92 Å². The second kappa shape index (κ2) is 3.86. The van der Waals surface area contributed by atoms with E-state index in [-0.39, 0.29) is 17.1 Å². The van der Waals surface area contributed by atoms with Gasteiger partial charge in [0.2, 0.25) is 0 Å². The lowest BCUT2D eigenvalue weighted by Gasteiger charge is -2.28. The molecule has 66 valence electrons. The van der Waals surface area contributed by atoms with E-state index >= 15 is 0 Å². The largest absolute Gasteiger partial charge is 0.357 e. The van der Waals surface area contributed by atoms with Crippen molar-refractivity contribution in [1.82, 2.24) is 0 Å². The van der Waals surface area contributed by atoms with Gasteiger partial charge in [0.05, 0.1) is 12.5 Å². The Bertz CT molecular complexity index is 140. The second-order valence-electron chi connectivity index (χ2n) is 3.79. The monoisotopic (exact) mass is 158 g/mol. The highest BCUT2D eigenvalue weighted by Crippen LogP contribution is 2.29. The summed E-state index contributed by atoms with van der Waals surface area (Å²) in [5, 5.41) is 0. The number of hydrogen-bond donors (Lipinski definition) is 1. The van der Waals surface area contributed by atoms with Crippen LogP contribution in [0.3, 0.4) is 0 Å². The van der Waals surface area contributed by atoms with Gasteiger partial charge >= 0.3 is 0 Å². The third-order valence-corrected chi connectivity index (χ3v) is 2.63. The fraction of sp³-hybridized carbons (Fsp3) is 0.889. The maximum atomic E-state index is 11.1.